The van der Waals surface area contributed by atoms with Crippen LogP contribution in [0.3, 0.4) is 0 Å². The summed E-state index contributed by atoms with van der Waals surface area (Å²) in [6.07, 6.45) is 2.03. The molecular formula is C29H30N4O5. The zero-order valence-electron chi connectivity index (χ0n) is 21.5. The van der Waals surface area contributed by atoms with Crippen molar-refractivity contribution in [2.24, 2.45) is 0 Å². The smallest absolute Gasteiger partial charge is 0.337 e. The molecule has 0 spiro atoms. The van der Waals surface area contributed by atoms with Gasteiger partial charge in [-0.25, -0.2) is 4.79 Å². The van der Waals surface area contributed by atoms with Crippen molar-refractivity contribution in [3.8, 4) is 5.75 Å². The SMILES string of the molecule is COc1ccccc1C1CC(=O)C2=C(C1)NC(C)=C(C(=O)OC1CCOCC1)C2c1cccc2n[nH]nc12. The van der Waals surface area contributed by atoms with E-state index in [4.69, 9.17) is 14.2 Å². The van der Waals surface area contributed by atoms with Crippen LogP contribution in [0, 0.1) is 0 Å². The predicted octanol–water partition coefficient (Wildman–Crippen LogP) is 4.05. The van der Waals surface area contributed by atoms with Crippen LogP contribution >= 0.6 is 0 Å². The van der Waals surface area contributed by atoms with Crippen LogP contribution in [-0.4, -0.2) is 53.6 Å². The van der Waals surface area contributed by atoms with Gasteiger partial charge in [0.05, 0.1) is 31.8 Å². The number of aromatic nitrogens is 3. The molecule has 0 bridgehead atoms. The number of carbonyl (C=O) groups is 2. The Morgan fingerprint density at radius 2 is 1.82 bits per heavy atom. The quantitative estimate of drug-likeness (QED) is 0.490. The number of Topliss-reactive ketones (excluding diaryl/α,β-unsaturated/α-hetero) is 1. The first kappa shape index (κ1) is 24.4. The topological polar surface area (TPSA) is 115 Å². The molecule has 6 rings (SSSR count). The molecule has 0 amide bonds. The summed E-state index contributed by atoms with van der Waals surface area (Å²) in [6.45, 7) is 3.00. The number of benzene rings is 2. The number of hydrogen-bond donors (Lipinski definition) is 2. The lowest BCUT2D eigenvalue weighted by Crippen LogP contribution is -2.37. The van der Waals surface area contributed by atoms with E-state index in [0.717, 1.165) is 22.6 Å². The van der Waals surface area contributed by atoms with Gasteiger partial charge in [0.25, 0.3) is 0 Å². The molecule has 1 fully saturated rings. The molecule has 1 saturated heterocycles. The largest absolute Gasteiger partial charge is 0.496 e. The summed E-state index contributed by atoms with van der Waals surface area (Å²) in [5.41, 5.74) is 5.60. The first-order valence-electron chi connectivity index (χ1n) is 13.0. The summed E-state index contributed by atoms with van der Waals surface area (Å²) < 4.78 is 17.0. The van der Waals surface area contributed by atoms with E-state index in [9.17, 15) is 9.59 Å². The molecule has 3 aromatic rings. The molecule has 1 aromatic heterocycles. The Hall–Kier alpha value is -3.98. The van der Waals surface area contributed by atoms with Crippen LogP contribution in [0.15, 0.2) is 65.0 Å². The minimum atomic E-state index is -0.612. The molecule has 3 aliphatic rings. The number of nitrogens with one attached hydrogen (secondary N) is 2. The molecule has 9 heteroatoms. The zero-order valence-corrected chi connectivity index (χ0v) is 21.5. The molecule has 1 aliphatic carbocycles. The number of ketones is 1. The second-order valence-electron chi connectivity index (χ2n) is 10.0. The minimum absolute atomic E-state index is 0.0102. The fourth-order valence-corrected chi connectivity index (χ4v) is 5.98. The monoisotopic (exact) mass is 514 g/mol. The van der Waals surface area contributed by atoms with E-state index in [1.807, 2.05) is 49.4 Å². The summed E-state index contributed by atoms with van der Waals surface area (Å²) in [5.74, 6) is -0.319. The maximum absolute atomic E-state index is 14.0. The van der Waals surface area contributed by atoms with Crippen molar-refractivity contribution < 1.29 is 23.8 Å². The van der Waals surface area contributed by atoms with Crippen molar-refractivity contribution in [3.63, 3.8) is 0 Å². The van der Waals surface area contributed by atoms with Gasteiger partial charge in [0.1, 0.15) is 22.9 Å². The highest BCUT2D eigenvalue weighted by atomic mass is 16.6. The maximum Gasteiger partial charge on any atom is 0.337 e. The van der Waals surface area contributed by atoms with Crippen LogP contribution in [0.25, 0.3) is 11.0 Å². The highest BCUT2D eigenvalue weighted by Crippen LogP contribution is 2.47. The predicted molar refractivity (Wildman–Crippen MR) is 139 cm³/mol. The Morgan fingerprint density at radius 1 is 1.03 bits per heavy atom. The number of aromatic amines is 1. The van der Waals surface area contributed by atoms with Crippen molar-refractivity contribution in [1.29, 1.82) is 0 Å². The third kappa shape index (κ3) is 4.26. The Labute approximate surface area is 220 Å². The molecule has 0 radical (unpaired) electrons. The first-order valence-corrected chi connectivity index (χ1v) is 13.0. The summed E-state index contributed by atoms with van der Waals surface area (Å²) in [4.78, 5) is 27.7. The van der Waals surface area contributed by atoms with E-state index >= 15 is 0 Å². The minimum Gasteiger partial charge on any atom is -0.496 e. The van der Waals surface area contributed by atoms with E-state index in [1.165, 1.54) is 0 Å². The molecule has 0 saturated carbocycles. The number of allylic oxidation sites excluding steroid dienone is 3. The summed E-state index contributed by atoms with van der Waals surface area (Å²) in [6, 6.07) is 13.5. The maximum atomic E-state index is 14.0. The Morgan fingerprint density at radius 3 is 2.63 bits per heavy atom. The fourth-order valence-electron chi connectivity index (χ4n) is 5.98. The van der Waals surface area contributed by atoms with Gasteiger partial charge in [0.2, 0.25) is 0 Å². The number of H-pyrrole nitrogens is 1. The van der Waals surface area contributed by atoms with Crippen LogP contribution < -0.4 is 10.1 Å². The van der Waals surface area contributed by atoms with Crippen LogP contribution in [0.4, 0.5) is 0 Å². The Balaban J connectivity index is 1.44. The van der Waals surface area contributed by atoms with Crippen molar-refractivity contribution in [3.05, 3.63) is 76.1 Å². The number of ether oxygens (including phenoxy) is 3. The van der Waals surface area contributed by atoms with Crippen LogP contribution in [0.5, 0.6) is 5.75 Å². The lowest BCUT2D eigenvalue weighted by molar-refractivity contribution is -0.148. The molecule has 9 nitrogen and oxygen atoms in total. The number of nitrogens with zero attached hydrogens (tertiary/aromatic N) is 2. The van der Waals surface area contributed by atoms with Crippen molar-refractivity contribution in [2.45, 2.75) is 50.5 Å². The number of hydrogen-bond acceptors (Lipinski definition) is 8. The molecule has 196 valence electrons. The average Bonchev–Trinajstić information content (AvgIpc) is 3.42. The highest BCUT2D eigenvalue weighted by Gasteiger charge is 2.43. The van der Waals surface area contributed by atoms with Gasteiger partial charge in [-0.1, -0.05) is 30.3 Å². The first-order chi connectivity index (χ1) is 18.5. The lowest BCUT2D eigenvalue weighted by Gasteiger charge is -2.37. The van der Waals surface area contributed by atoms with Gasteiger partial charge in [-0.3, -0.25) is 4.79 Å². The molecule has 2 aromatic carbocycles. The van der Waals surface area contributed by atoms with Crippen molar-refractivity contribution in [1.82, 2.24) is 20.7 Å². The van der Waals surface area contributed by atoms with E-state index in [0.29, 0.717) is 66.8 Å². The number of carbonyl (C=O) groups excluding carboxylic acids is 2. The van der Waals surface area contributed by atoms with E-state index < -0.39 is 11.9 Å². The van der Waals surface area contributed by atoms with E-state index in [1.54, 1.807) is 7.11 Å². The van der Waals surface area contributed by atoms with Crippen LogP contribution in [0.1, 0.15) is 55.6 Å². The summed E-state index contributed by atoms with van der Waals surface area (Å²) in [5, 5.41) is 14.7. The molecule has 2 atom stereocenters. The van der Waals surface area contributed by atoms with Gasteiger partial charge in [0.15, 0.2) is 5.78 Å². The summed E-state index contributed by atoms with van der Waals surface area (Å²) >= 11 is 0. The highest BCUT2D eigenvalue weighted by molar-refractivity contribution is 6.05. The number of esters is 1. The second kappa shape index (κ2) is 10.1. The van der Waals surface area contributed by atoms with Gasteiger partial charge in [0, 0.05) is 42.1 Å². The number of rotatable bonds is 5. The van der Waals surface area contributed by atoms with Crippen molar-refractivity contribution >= 4 is 22.8 Å². The number of fused-ring (bicyclic) bond motifs is 1. The van der Waals surface area contributed by atoms with Crippen LogP contribution in [-0.2, 0) is 19.1 Å². The zero-order chi connectivity index (χ0) is 26.2. The Kier molecular flexibility index (Phi) is 6.45. The third-order valence-electron chi connectivity index (χ3n) is 7.76. The molecular weight excluding hydrogens is 484 g/mol. The van der Waals surface area contributed by atoms with Gasteiger partial charge < -0.3 is 19.5 Å². The van der Waals surface area contributed by atoms with E-state index in [2.05, 4.69) is 20.7 Å². The van der Waals surface area contributed by atoms with Gasteiger partial charge in [-0.2, -0.15) is 15.4 Å². The average molecular weight is 515 g/mol. The van der Waals surface area contributed by atoms with Gasteiger partial charge >= 0.3 is 5.97 Å². The molecule has 2 unspecified atom stereocenters. The molecule has 2 aliphatic heterocycles. The summed E-state index contributed by atoms with van der Waals surface area (Å²) in [7, 11) is 1.64. The van der Waals surface area contributed by atoms with E-state index in [-0.39, 0.29) is 17.8 Å². The molecule has 2 N–H and O–H groups in total. The molecule has 3 heterocycles. The third-order valence-corrected chi connectivity index (χ3v) is 7.76. The standard InChI is InChI=1S/C29H30N4O5/c1-16-25(29(35)38-18-10-12-37-13-11-18)26(20-7-5-8-21-28(20)32-33-31-21)27-22(30-16)14-17(15-23(27)34)19-6-3-4-9-24(19)36-2/h3-9,17-18,26,30H,10-15H2,1-2H3,(H,31,32,33). The van der Waals surface area contributed by atoms with Crippen molar-refractivity contribution in [2.75, 3.05) is 20.3 Å². The number of para-hydroxylation sites is 2. The second-order valence-corrected chi connectivity index (χ2v) is 10.0. The van der Waals surface area contributed by atoms with Crippen LogP contribution in [0.2, 0.25) is 0 Å². The number of dihydropyridines is 1. The van der Waals surface area contributed by atoms with Gasteiger partial charge in [-0.15, -0.1) is 0 Å². The lowest BCUT2D eigenvalue weighted by atomic mass is 9.71. The molecule has 38 heavy (non-hydrogen) atoms. The number of methoxy groups -OCH3 is 1. The van der Waals surface area contributed by atoms with Gasteiger partial charge in [-0.05, 0) is 36.6 Å². The Bertz CT molecular complexity index is 1470. The fraction of sp³-hybridized carbons (Fsp3) is 0.379. The normalized spacial score (nSPS) is 22.3.